The highest BCUT2D eigenvalue weighted by Gasteiger charge is 2.73. The number of rotatable bonds is 2. The summed E-state index contributed by atoms with van der Waals surface area (Å²) < 4.78 is 26.9. The fourth-order valence-electron chi connectivity index (χ4n) is 4.95. The third kappa shape index (κ3) is 2.14. The Morgan fingerprint density at radius 2 is 1.66 bits per heavy atom. The highest BCUT2D eigenvalue weighted by Crippen LogP contribution is 2.70. The van der Waals surface area contributed by atoms with Gasteiger partial charge in [-0.2, -0.15) is 10.5 Å². The van der Waals surface area contributed by atoms with Gasteiger partial charge in [-0.05, 0) is 30.4 Å². The number of hydrogen-bond acceptors (Lipinski definition) is 5. The minimum Gasteiger partial charge on any atom is -0.325 e. The summed E-state index contributed by atoms with van der Waals surface area (Å²) in [5, 5.41) is 21.4. The average Bonchev–Trinajstić information content (AvgIpc) is 2.99. The van der Waals surface area contributed by atoms with Gasteiger partial charge in [-0.15, -0.1) is 0 Å². The summed E-state index contributed by atoms with van der Waals surface area (Å²) in [5.74, 6) is -2.48. The molecule has 1 aromatic heterocycles. The highest BCUT2D eigenvalue weighted by atomic mass is 19.2. The summed E-state index contributed by atoms with van der Waals surface area (Å²) in [6.07, 6.45) is 1.11. The zero-order valence-corrected chi connectivity index (χ0v) is 16.1. The number of fused-ring (bicyclic) bond motifs is 5. The van der Waals surface area contributed by atoms with Crippen LogP contribution in [0.3, 0.4) is 0 Å². The minimum absolute atomic E-state index is 0.0630. The second-order valence-corrected chi connectivity index (χ2v) is 8.29. The maximum absolute atomic E-state index is 13.6. The monoisotopic (exact) mass is 393 g/mol. The van der Waals surface area contributed by atoms with E-state index in [1.165, 1.54) is 6.07 Å². The molecule has 29 heavy (non-hydrogen) atoms. The van der Waals surface area contributed by atoms with E-state index in [-0.39, 0.29) is 17.1 Å². The second kappa shape index (κ2) is 5.81. The number of anilines is 1. The van der Waals surface area contributed by atoms with Gasteiger partial charge >= 0.3 is 0 Å². The standard InChI is InChI=1S/C21H17F2N5O/c1-19(2)20(3)6-7-21(19,17-16(20)27-14(9-24)15(10-25)28-17)18(29)26-11-4-5-12(22)13(23)8-11/h4-5,8H,6-7H2,1-3H3,(H,26,29)/t20-,21-/m0/s1. The predicted octanol–water partition coefficient (Wildman–Crippen LogP) is 3.47. The molecule has 0 radical (unpaired) electrons. The molecule has 2 aromatic rings. The van der Waals surface area contributed by atoms with Gasteiger partial charge in [0.15, 0.2) is 23.0 Å². The molecule has 1 fully saturated rings. The van der Waals surface area contributed by atoms with Crippen molar-refractivity contribution in [2.75, 3.05) is 5.32 Å². The highest BCUT2D eigenvalue weighted by molar-refractivity contribution is 6.01. The van der Waals surface area contributed by atoms with Crippen LogP contribution < -0.4 is 5.32 Å². The molecule has 1 amide bonds. The van der Waals surface area contributed by atoms with Crippen LogP contribution in [0.4, 0.5) is 14.5 Å². The van der Waals surface area contributed by atoms with Crippen molar-refractivity contribution in [3.05, 3.63) is 52.6 Å². The molecule has 1 saturated carbocycles. The van der Waals surface area contributed by atoms with Gasteiger partial charge in [-0.3, -0.25) is 4.79 Å². The Kier molecular flexibility index (Phi) is 3.79. The fraction of sp³-hybridized carbons (Fsp3) is 0.381. The third-order valence-electron chi connectivity index (χ3n) is 7.05. The van der Waals surface area contributed by atoms with Crippen molar-refractivity contribution in [1.29, 1.82) is 10.5 Å². The van der Waals surface area contributed by atoms with Gasteiger partial charge in [0, 0.05) is 17.2 Å². The van der Waals surface area contributed by atoms with Crippen molar-refractivity contribution >= 4 is 11.6 Å². The number of amides is 1. The number of aromatic nitrogens is 2. The first kappa shape index (κ1) is 18.9. The Balaban J connectivity index is 1.89. The first-order valence-corrected chi connectivity index (χ1v) is 9.12. The number of nitrogens with one attached hydrogen (secondary N) is 1. The Labute approximate surface area is 166 Å². The SMILES string of the molecule is CC1(C)[C@@]2(C)CC[C@@]1(C(=O)Nc1ccc(F)c(F)c1)c1nc(C#N)c(C#N)nc12. The number of nitrogens with zero attached hydrogens (tertiary/aromatic N) is 4. The maximum Gasteiger partial charge on any atom is 0.237 e. The van der Waals surface area contributed by atoms with Gasteiger partial charge in [0.2, 0.25) is 5.91 Å². The van der Waals surface area contributed by atoms with E-state index >= 15 is 0 Å². The molecule has 2 atom stereocenters. The molecular formula is C21H17F2N5O. The maximum atomic E-state index is 13.6. The lowest BCUT2D eigenvalue weighted by molar-refractivity contribution is -0.125. The van der Waals surface area contributed by atoms with Crippen LogP contribution in [0.5, 0.6) is 0 Å². The van der Waals surface area contributed by atoms with Gasteiger partial charge < -0.3 is 5.32 Å². The molecule has 0 aliphatic heterocycles. The number of nitriles is 2. The molecular weight excluding hydrogens is 376 g/mol. The van der Waals surface area contributed by atoms with Gasteiger partial charge in [0.25, 0.3) is 0 Å². The van der Waals surface area contributed by atoms with E-state index in [9.17, 15) is 24.1 Å². The molecule has 1 heterocycles. The Morgan fingerprint density at radius 3 is 2.24 bits per heavy atom. The summed E-state index contributed by atoms with van der Waals surface area (Å²) in [6, 6.07) is 6.93. The van der Waals surface area contributed by atoms with Crippen LogP contribution in [0.15, 0.2) is 18.2 Å². The molecule has 0 spiro atoms. The first-order valence-electron chi connectivity index (χ1n) is 9.12. The smallest absolute Gasteiger partial charge is 0.237 e. The van der Waals surface area contributed by atoms with Crippen LogP contribution in [0.1, 0.15) is 56.4 Å². The topological polar surface area (TPSA) is 102 Å². The van der Waals surface area contributed by atoms with E-state index in [4.69, 9.17) is 0 Å². The van der Waals surface area contributed by atoms with Gasteiger partial charge in [0.05, 0.1) is 16.8 Å². The lowest BCUT2D eigenvalue weighted by atomic mass is 9.63. The van der Waals surface area contributed by atoms with Crippen molar-refractivity contribution < 1.29 is 13.6 Å². The molecule has 8 heteroatoms. The second-order valence-electron chi connectivity index (χ2n) is 8.29. The van der Waals surface area contributed by atoms with Gasteiger partial charge in [0.1, 0.15) is 12.1 Å². The van der Waals surface area contributed by atoms with E-state index in [1.807, 2.05) is 32.9 Å². The molecule has 0 saturated heterocycles. The number of carbonyl (C=O) groups is 1. The molecule has 2 aliphatic rings. The summed E-state index contributed by atoms with van der Waals surface area (Å²) in [5.41, 5.74) is -1.41. The molecule has 6 nitrogen and oxygen atoms in total. The quantitative estimate of drug-likeness (QED) is 0.842. The van der Waals surface area contributed by atoms with E-state index in [0.717, 1.165) is 12.1 Å². The van der Waals surface area contributed by atoms with Crippen molar-refractivity contribution in [3.63, 3.8) is 0 Å². The lowest BCUT2D eigenvalue weighted by Gasteiger charge is -2.39. The van der Waals surface area contributed by atoms with Crippen LogP contribution in [0.25, 0.3) is 0 Å². The van der Waals surface area contributed by atoms with Crippen LogP contribution in [-0.4, -0.2) is 15.9 Å². The molecule has 2 aliphatic carbocycles. The van der Waals surface area contributed by atoms with Crippen molar-refractivity contribution in [2.24, 2.45) is 5.41 Å². The average molecular weight is 393 g/mol. The van der Waals surface area contributed by atoms with E-state index in [0.29, 0.717) is 24.2 Å². The fourth-order valence-corrected chi connectivity index (χ4v) is 4.95. The summed E-state index contributed by atoms with van der Waals surface area (Å²) in [7, 11) is 0. The predicted molar refractivity (Wildman–Crippen MR) is 98.5 cm³/mol. The van der Waals surface area contributed by atoms with E-state index in [1.54, 1.807) is 0 Å². The Morgan fingerprint density at radius 1 is 1.03 bits per heavy atom. The van der Waals surface area contributed by atoms with Crippen LogP contribution in [-0.2, 0) is 15.6 Å². The molecule has 0 unspecified atom stereocenters. The Bertz CT molecular complexity index is 1160. The number of carbonyl (C=O) groups excluding carboxylic acids is 1. The molecule has 4 rings (SSSR count). The van der Waals surface area contributed by atoms with Gasteiger partial charge in [-0.25, -0.2) is 18.7 Å². The van der Waals surface area contributed by atoms with Crippen LogP contribution >= 0.6 is 0 Å². The normalized spacial score (nSPS) is 25.8. The van der Waals surface area contributed by atoms with E-state index < -0.39 is 33.8 Å². The lowest BCUT2D eigenvalue weighted by Crippen LogP contribution is -2.48. The molecule has 146 valence electrons. The number of hydrogen-bond donors (Lipinski definition) is 1. The van der Waals surface area contributed by atoms with Crippen molar-refractivity contribution in [2.45, 2.75) is 44.4 Å². The largest absolute Gasteiger partial charge is 0.325 e. The third-order valence-corrected chi connectivity index (χ3v) is 7.05. The van der Waals surface area contributed by atoms with Crippen LogP contribution in [0.2, 0.25) is 0 Å². The summed E-state index contributed by atoms with van der Waals surface area (Å²) >= 11 is 0. The zero-order valence-electron chi connectivity index (χ0n) is 16.1. The number of benzene rings is 1. The summed E-state index contributed by atoms with van der Waals surface area (Å²) in [4.78, 5) is 22.3. The molecule has 1 aromatic carbocycles. The van der Waals surface area contributed by atoms with Crippen molar-refractivity contribution in [1.82, 2.24) is 9.97 Å². The molecule has 2 bridgehead atoms. The van der Waals surface area contributed by atoms with Gasteiger partial charge in [-0.1, -0.05) is 20.8 Å². The molecule has 1 N–H and O–H groups in total. The summed E-state index contributed by atoms with van der Waals surface area (Å²) in [6.45, 7) is 5.85. The zero-order chi connectivity index (χ0) is 21.2. The van der Waals surface area contributed by atoms with E-state index in [2.05, 4.69) is 15.3 Å². The van der Waals surface area contributed by atoms with Crippen molar-refractivity contribution in [3.8, 4) is 12.1 Å². The van der Waals surface area contributed by atoms with Crippen LogP contribution in [0, 0.1) is 39.7 Å². The first-order chi connectivity index (χ1) is 13.6. The minimum atomic E-state index is -1.12. The Hall–Kier alpha value is -3.39. The number of halogens is 2.